The molecule has 4 rings (SSSR count). The van der Waals surface area contributed by atoms with Crippen LogP contribution in [0.3, 0.4) is 0 Å². The molecule has 0 aromatic heterocycles. The fourth-order valence-corrected chi connectivity index (χ4v) is 8.33. The largest absolute Gasteiger partial charge is 0.393 e. The van der Waals surface area contributed by atoms with E-state index in [2.05, 4.69) is 45.6 Å². The molecular formula is C36H56O3. The van der Waals surface area contributed by atoms with Crippen LogP contribution in [0.2, 0.25) is 0 Å². The van der Waals surface area contributed by atoms with Gasteiger partial charge in [0.15, 0.2) is 0 Å². The first-order valence-corrected chi connectivity index (χ1v) is 16.4. The maximum Gasteiger partial charge on any atom is 0.141 e. The van der Waals surface area contributed by atoms with Crippen molar-refractivity contribution in [2.45, 2.75) is 142 Å². The van der Waals surface area contributed by atoms with E-state index >= 15 is 0 Å². The summed E-state index contributed by atoms with van der Waals surface area (Å²) >= 11 is 0. The highest BCUT2D eigenvalue weighted by Gasteiger charge is 2.54. The second-order valence-electron chi connectivity index (χ2n) is 13.8. The third kappa shape index (κ3) is 7.07. The zero-order valence-electron chi connectivity index (χ0n) is 25.2. The molecule has 4 saturated carbocycles. The average molecular weight is 537 g/mol. The Kier molecular flexibility index (Phi) is 10.5. The Morgan fingerprint density at radius 2 is 1.77 bits per heavy atom. The summed E-state index contributed by atoms with van der Waals surface area (Å²) in [7, 11) is 0. The van der Waals surface area contributed by atoms with Crippen molar-refractivity contribution < 1.29 is 15.0 Å². The van der Waals surface area contributed by atoms with Crippen molar-refractivity contribution in [2.75, 3.05) is 0 Å². The number of hydrogen-bond donors (Lipinski definition) is 2. The Morgan fingerprint density at radius 3 is 2.51 bits per heavy atom. The Balaban J connectivity index is 1.34. The molecule has 39 heavy (non-hydrogen) atoms. The lowest BCUT2D eigenvalue weighted by Gasteiger charge is -2.44. The van der Waals surface area contributed by atoms with Crippen LogP contribution in [0, 0.1) is 28.6 Å². The number of carbonyl (C=O) groups is 1. The highest BCUT2D eigenvalue weighted by molar-refractivity contribution is 5.88. The first-order valence-electron chi connectivity index (χ1n) is 16.4. The Hall–Kier alpha value is -1.45. The summed E-state index contributed by atoms with van der Waals surface area (Å²) in [6, 6.07) is 0. The van der Waals surface area contributed by atoms with E-state index in [0.717, 1.165) is 44.9 Å². The topological polar surface area (TPSA) is 57.5 Å². The summed E-state index contributed by atoms with van der Waals surface area (Å²) in [4.78, 5) is 13.0. The van der Waals surface area contributed by atoms with Gasteiger partial charge in [0, 0.05) is 6.42 Å². The summed E-state index contributed by atoms with van der Waals surface area (Å²) in [6.45, 7) is 11.3. The molecule has 0 amide bonds. The van der Waals surface area contributed by atoms with Crippen LogP contribution in [0.25, 0.3) is 0 Å². The van der Waals surface area contributed by atoms with Crippen molar-refractivity contribution in [3.63, 3.8) is 0 Å². The second-order valence-corrected chi connectivity index (χ2v) is 13.8. The van der Waals surface area contributed by atoms with Crippen molar-refractivity contribution in [2.24, 2.45) is 28.6 Å². The van der Waals surface area contributed by atoms with Gasteiger partial charge in [0.25, 0.3) is 0 Å². The molecule has 0 unspecified atom stereocenters. The minimum Gasteiger partial charge on any atom is -0.393 e. The van der Waals surface area contributed by atoms with Gasteiger partial charge in [0.2, 0.25) is 0 Å². The highest BCUT2D eigenvalue weighted by atomic mass is 16.3. The normalized spacial score (nSPS) is 34.0. The van der Waals surface area contributed by atoms with Gasteiger partial charge in [0.05, 0.1) is 17.6 Å². The number of fused-ring (bicyclic) bond motifs is 1. The standard InChI is InChI=1S/C36H56O3/c1-5-6-7-8-9-10-13-33(38)36(23-24-36)34(39)21-15-27(3)31-19-20-32-28(12-11-22-35(31,32)4)16-17-29-25-30(37)18-14-26(29)2/h15-17,21,27,30-32,34,37,39H,2,5-14,18-20,22-25H2,1,3-4H3/t27-,30+,31-,32+,34-,35-/m1/s1. The maximum atomic E-state index is 13.0. The van der Waals surface area contributed by atoms with Crippen LogP contribution in [0.4, 0.5) is 0 Å². The number of rotatable bonds is 13. The van der Waals surface area contributed by atoms with Crippen LogP contribution in [0.15, 0.2) is 47.6 Å². The molecule has 0 aromatic rings. The number of ketones is 1. The van der Waals surface area contributed by atoms with E-state index in [9.17, 15) is 15.0 Å². The van der Waals surface area contributed by atoms with E-state index in [1.807, 2.05) is 6.08 Å². The van der Waals surface area contributed by atoms with E-state index in [-0.39, 0.29) is 11.5 Å². The van der Waals surface area contributed by atoms with E-state index in [0.29, 0.717) is 30.0 Å². The van der Waals surface area contributed by atoms with Crippen LogP contribution in [-0.4, -0.2) is 28.2 Å². The summed E-state index contributed by atoms with van der Waals surface area (Å²) in [5.74, 6) is 1.90. The van der Waals surface area contributed by atoms with Gasteiger partial charge < -0.3 is 10.2 Å². The number of hydrogen-bond acceptors (Lipinski definition) is 3. The van der Waals surface area contributed by atoms with Crippen molar-refractivity contribution >= 4 is 5.78 Å². The Labute approximate surface area is 238 Å². The molecule has 0 heterocycles. The van der Waals surface area contributed by atoms with Gasteiger partial charge in [-0.15, -0.1) is 0 Å². The number of Topliss-reactive ketones (excluding diaryl/α,β-unsaturated/α-hetero) is 1. The van der Waals surface area contributed by atoms with Crippen LogP contribution >= 0.6 is 0 Å². The van der Waals surface area contributed by atoms with Crippen molar-refractivity contribution in [3.05, 3.63) is 47.6 Å². The van der Waals surface area contributed by atoms with E-state index in [1.165, 1.54) is 68.9 Å². The van der Waals surface area contributed by atoms with Crippen molar-refractivity contribution in [3.8, 4) is 0 Å². The zero-order valence-corrected chi connectivity index (χ0v) is 25.2. The van der Waals surface area contributed by atoms with Crippen LogP contribution in [-0.2, 0) is 4.79 Å². The predicted octanol–water partition coefficient (Wildman–Crippen LogP) is 8.81. The van der Waals surface area contributed by atoms with Crippen LogP contribution < -0.4 is 0 Å². The number of aliphatic hydroxyl groups excluding tert-OH is 2. The van der Waals surface area contributed by atoms with Gasteiger partial charge in [-0.05, 0) is 99.4 Å². The van der Waals surface area contributed by atoms with Gasteiger partial charge >= 0.3 is 0 Å². The van der Waals surface area contributed by atoms with Crippen molar-refractivity contribution in [1.82, 2.24) is 0 Å². The monoisotopic (exact) mass is 536 g/mol. The first kappa shape index (κ1) is 30.5. The molecule has 0 bridgehead atoms. The molecule has 4 aliphatic carbocycles. The summed E-state index contributed by atoms with van der Waals surface area (Å²) in [5, 5.41) is 21.2. The predicted molar refractivity (Wildman–Crippen MR) is 162 cm³/mol. The molecule has 0 spiro atoms. The third-order valence-corrected chi connectivity index (χ3v) is 11.1. The number of aliphatic hydroxyl groups is 2. The molecule has 218 valence electrons. The molecule has 0 radical (unpaired) electrons. The SMILES string of the molecule is C=C1CC[C@H](O)CC1=CC=C1CCC[C@]2(C)[C@@H]([C@H](C)C=C[C@@H](O)C3(C(=O)CCCCCCCC)CC3)CC[C@@H]12. The molecule has 0 aromatic carbocycles. The molecule has 6 atom stereocenters. The van der Waals surface area contributed by atoms with Crippen molar-refractivity contribution in [1.29, 1.82) is 0 Å². The number of carbonyl (C=O) groups excluding carboxylic acids is 1. The summed E-state index contributed by atoms with van der Waals surface area (Å²) in [6.07, 6.45) is 26.1. The van der Waals surface area contributed by atoms with Crippen LogP contribution in [0.1, 0.15) is 130 Å². The van der Waals surface area contributed by atoms with E-state index in [4.69, 9.17) is 0 Å². The van der Waals surface area contributed by atoms with Gasteiger partial charge in [-0.2, -0.15) is 0 Å². The fraction of sp³-hybridized carbons (Fsp3) is 0.750. The van der Waals surface area contributed by atoms with E-state index in [1.54, 1.807) is 5.57 Å². The summed E-state index contributed by atoms with van der Waals surface area (Å²) < 4.78 is 0. The van der Waals surface area contributed by atoms with Gasteiger partial charge in [-0.1, -0.05) is 94.9 Å². The zero-order chi connectivity index (χ0) is 28.0. The molecule has 3 heteroatoms. The lowest BCUT2D eigenvalue weighted by molar-refractivity contribution is -0.127. The first-order chi connectivity index (χ1) is 18.7. The number of unbranched alkanes of at least 4 members (excludes halogenated alkanes) is 5. The Bertz CT molecular complexity index is 950. The molecule has 4 fully saturated rings. The average Bonchev–Trinajstić information content (AvgIpc) is 3.66. The molecule has 4 aliphatic rings. The summed E-state index contributed by atoms with van der Waals surface area (Å²) in [5.41, 5.74) is 3.79. The molecule has 0 saturated heterocycles. The smallest absolute Gasteiger partial charge is 0.141 e. The van der Waals surface area contributed by atoms with E-state index < -0.39 is 11.5 Å². The number of allylic oxidation sites excluding steroid dienone is 5. The fourth-order valence-electron chi connectivity index (χ4n) is 8.33. The van der Waals surface area contributed by atoms with Crippen LogP contribution in [0.5, 0.6) is 0 Å². The maximum absolute atomic E-state index is 13.0. The third-order valence-electron chi connectivity index (χ3n) is 11.1. The molecule has 3 nitrogen and oxygen atoms in total. The van der Waals surface area contributed by atoms with Gasteiger partial charge in [-0.3, -0.25) is 4.79 Å². The molecular weight excluding hydrogens is 480 g/mol. The van der Waals surface area contributed by atoms with Gasteiger partial charge in [0.1, 0.15) is 5.78 Å². The Morgan fingerprint density at radius 1 is 1.03 bits per heavy atom. The quantitative estimate of drug-likeness (QED) is 0.183. The second kappa shape index (κ2) is 13.5. The lowest BCUT2D eigenvalue weighted by atomic mass is 9.61. The lowest BCUT2D eigenvalue weighted by Crippen LogP contribution is -2.35. The molecule has 0 aliphatic heterocycles. The molecule has 2 N–H and O–H groups in total. The minimum absolute atomic E-state index is 0.226. The van der Waals surface area contributed by atoms with Gasteiger partial charge in [-0.25, -0.2) is 0 Å². The minimum atomic E-state index is -0.634. The highest BCUT2D eigenvalue weighted by Crippen LogP contribution is 2.60.